The number of aliphatic hydroxyl groups excluding tert-OH is 1. The summed E-state index contributed by atoms with van der Waals surface area (Å²) < 4.78 is 25.6. The van der Waals surface area contributed by atoms with Gasteiger partial charge in [0.25, 0.3) is 0 Å². The van der Waals surface area contributed by atoms with Crippen LogP contribution in [0.2, 0.25) is 5.02 Å². The van der Waals surface area contributed by atoms with Gasteiger partial charge in [0, 0.05) is 17.6 Å². The summed E-state index contributed by atoms with van der Waals surface area (Å²) in [5.74, 6) is -1.11. The van der Waals surface area contributed by atoms with Gasteiger partial charge in [0.1, 0.15) is 0 Å². The maximum absolute atomic E-state index is 12.8. The number of rotatable bonds is 9. The van der Waals surface area contributed by atoms with E-state index in [4.69, 9.17) is 16.7 Å². The summed E-state index contributed by atoms with van der Waals surface area (Å²) in [6, 6.07) is 18.9. The van der Waals surface area contributed by atoms with Crippen LogP contribution in [0.4, 0.5) is 0 Å². The van der Waals surface area contributed by atoms with Crippen molar-refractivity contribution in [3.63, 3.8) is 0 Å². The zero-order valence-electron chi connectivity index (χ0n) is 19.4. The van der Waals surface area contributed by atoms with E-state index in [0.717, 1.165) is 11.1 Å². The van der Waals surface area contributed by atoms with Gasteiger partial charge in [0.15, 0.2) is 0 Å². The predicted octanol–water partition coefficient (Wildman–Crippen LogP) is 1.24. The van der Waals surface area contributed by atoms with Crippen molar-refractivity contribution in [2.45, 2.75) is 35.3 Å². The third-order valence-electron chi connectivity index (χ3n) is 5.08. The molecular formula is C24H25ClNNaO5S. The van der Waals surface area contributed by atoms with E-state index in [1.165, 1.54) is 24.3 Å². The van der Waals surface area contributed by atoms with Gasteiger partial charge >= 0.3 is 35.5 Å². The van der Waals surface area contributed by atoms with E-state index in [-0.39, 0.29) is 52.4 Å². The number of halogens is 1. The minimum absolute atomic E-state index is 0. The molecule has 6 nitrogen and oxygen atoms in total. The molecule has 9 heteroatoms. The summed E-state index contributed by atoms with van der Waals surface area (Å²) >= 11 is 5.96. The second-order valence-corrected chi connectivity index (χ2v) is 9.95. The molecule has 33 heavy (non-hydrogen) atoms. The molecular weight excluding hydrogens is 473 g/mol. The van der Waals surface area contributed by atoms with Crippen LogP contribution >= 0.6 is 11.6 Å². The molecule has 3 N–H and O–H groups in total. The fraction of sp³-hybridized carbons (Fsp3) is 0.208. The SMILES string of the molecule is C[C@H](Cc1ccc(S(=O)(=O)c2ccc(C(=O)O)cc2)cc1)NC[C@@H](O)c1cccc(Cl)c1.[H-].[Na+]. The number of carbonyl (C=O) groups is 1. The third-order valence-corrected chi connectivity index (χ3v) is 7.10. The van der Waals surface area contributed by atoms with E-state index in [1.807, 2.05) is 13.0 Å². The number of nitrogens with one attached hydrogen (secondary N) is 1. The van der Waals surface area contributed by atoms with Gasteiger partial charge < -0.3 is 17.0 Å². The summed E-state index contributed by atoms with van der Waals surface area (Å²) in [5, 5.41) is 23.1. The van der Waals surface area contributed by atoms with Gasteiger partial charge in [-0.15, -0.1) is 0 Å². The number of hydrogen-bond acceptors (Lipinski definition) is 5. The Hall–Kier alpha value is -1.71. The van der Waals surface area contributed by atoms with Crippen LogP contribution in [-0.2, 0) is 16.3 Å². The van der Waals surface area contributed by atoms with Crippen LogP contribution in [0.15, 0.2) is 82.6 Å². The van der Waals surface area contributed by atoms with Crippen molar-refractivity contribution in [3.05, 3.63) is 94.5 Å². The molecule has 0 aliphatic heterocycles. The number of aliphatic hydroxyl groups is 1. The average molecular weight is 498 g/mol. The zero-order chi connectivity index (χ0) is 23.3. The van der Waals surface area contributed by atoms with Gasteiger partial charge in [-0.2, -0.15) is 0 Å². The van der Waals surface area contributed by atoms with E-state index in [1.54, 1.807) is 42.5 Å². The Morgan fingerprint density at radius 3 is 2.15 bits per heavy atom. The van der Waals surface area contributed by atoms with Gasteiger partial charge in [0.05, 0.1) is 21.5 Å². The first-order chi connectivity index (χ1) is 15.2. The van der Waals surface area contributed by atoms with Crippen molar-refractivity contribution >= 4 is 27.4 Å². The molecule has 0 aromatic heterocycles. The van der Waals surface area contributed by atoms with Crippen molar-refractivity contribution in [1.29, 1.82) is 0 Å². The van der Waals surface area contributed by atoms with Crippen LogP contribution in [0.25, 0.3) is 0 Å². The van der Waals surface area contributed by atoms with Crippen LogP contribution in [-0.4, -0.2) is 37.2 Å². The second kappa shape index (κ2) is 12.1. The van der Waals surface area contributed by atoms with E-state index in [2.05, 4.69) is 5.32 Å². The number of hydrogen-bond donors (Lipinski definition) is 3. The van der Waals surface area contributed by atoms with E-state index in [9.17, 15) is 18.3 Å². The van der Waals surface area contributed by atoms with E-state index < -0.39 is 21.9 Å². The molecule has 170 valence electrons. The topological polar surface area (TPSA) is 104 Å². The predicted molar refractivity (Wildman–Crippen MR) is 124 cm³/mol. The molecule has 0 radical (unpaired) electrons. The first kappa shape index (κ1) is 27.5. The summed E-state index contributed by atoms with van der Waals surface area (Å²) in [7, 11) is -3.73. The minimum Gasteiger partial charge on any atom is -1.00 e. The van der Waals surface area contributed by atoms with Crippen molar-refractivity contribution in [1.82, 2.24) is 5.32 Å². The maximum Gasteiger partial charge on any atom is 1.00 e. The number of carboxylic acids is 1. The quantitative estimate of drug-likeness (QED) is 0.384. The minimum atomic E-state index is -3.73. The van der Waals surface area contributed by atoms with Crippen LogP contribution in [0, 0.1) is 0 Å². The van der Waals surface area contributed by atoms with Gasteiger partial charge in [-0.25, -0.2) is 13.2 Å². The largest absolute Gasteiger partial charge is 1.00 e. The number of carboxylic acid groups (broad SMARTS) is 1. The molecule has 0 bridgehead atoms. The maximum atomic E-state index is 12.8. The molecule has 0 aliphatic rings. The molecule has 0 spiro atoms. The smallest absolute Gasteiger partial charge is 1.00 e. The van der Waals surface area contributed by atoms with Crippen LogP contribution in [0.1, 0.15) is 35.9 Å². The Bertz CT molecular complexity index is 1190. The molecule has 0 aliphatic carbocycles. The molecule has 2 atom stereocenters. The number of benzene rings is 3. The molecule has 0 fully saturated rings. The summed E-state index contributed by atoms with van der Waals surface area (Å²) in [6.07, 6.45) is -0.0354. The van der Waals surface area contributed by atoms with E-state index in [0.29, 0.717) is 18.0 Å². The molecule has 0 amide bonds. The van der Waals surface area contributed by atoms with Gasteiger partial charge in [-0.05, 0) is 73.0 Å². The fourth-order valence-electron chi connectivity index (χ4n) is 3.29. The summed E-state index contributed by atoms with van der Waals surface area (Å²) in [6.45, 7) is 2.35. The molecule has 3 rings (SSSR count). The standard InChI is InChI=1S/C24H24ClNO5S.Na.H/c1-16(26-15-23(27)19-3-2-4-20(25)14-19)13-17-5-9-21(10-6-17)32(30,31)22-11-7-18(8-12-22)24(28)29;;/h2-12,14,16,23,26-27H,13,15H2,1H3,(H,28,29);;/q;+1;-1/t16-,23-;;/m1../s1. The summed E-state index contributed by atoms with van der Waals surface area (Å²) in [5.41, 5.74) is 1.71. The third kappa shape index (κ3) is 7.39. The zero-order valence-corrected chi connectivity index (χ0v) is 22.0. The van der Waals surface area contributed by atoms with Crippen LogP contribution in [0.3, 0.4) is 0 Å². The van der Waals surface area contributed by atoms with Gasteiger partial charge in [-0.3, -0.25) is 0 Å². The first-order valence-electron chi connectivity index (χ1n) is 10.0. The molecule has 0 saturated carbocycles. The molecule has 0 heterocycles. The molecule has 0 saturated heterocycles. The fourth-order valence-corrected chi connectivity index (χ4v) is 4.75. The van der Waals surface area contributed by atoms with Crippen molar-refractivity contribution in [2.75, 3.05) is 6.54 Å². The second-order valence-electron chi connectivity index (χ2n) is 7.56. The van der Waals surface area contributed by atoms with Gasteiger partial charge in [-0.1, -0.05) is 35.9 Å². The monoisotopic (exact) mass is 497 g/mol. The Labute approximate surface area is 222 Å². The van der Waals surface area contributed by atoms with Gasteiger partial charge in [0.2, 0.25) is 9.84 Å². The molecule has 3 aromatic rings. The Kier molecular flexibility index (Phi) is 10.1. The summed E-state index contributed by atoms with van der Waals surface area (Å²) in [4.78, 5) is 11.1. The number of aromatic carboxylic acids is 1. The van der Waals surface area contributed by atoms with Crippen LogP contribution in [0.5, 0.6) is 0 Å². The first-order valence-corrected chi connectivity index (χ1v) is 11.9. The van der Waals surface area contributed by atoms with Crippen molar-refractivity contribution in [2.24, 2.45) is 0 Å². The Morgan fingerprint density at radius 2 is 1.61 bits per heavy atom. The Morgan fingerprint density at radius 1 is 1.03 bits per heavy atom. The average Bonchev–Trinajstić information content (AvgIpc) is 2.78. The molecule has 3 aromatic carbocycles. The van der Waals surface area contributed by atoms with Crippen molar-refractivity contribution < 1.29 is 54.4 Å². The normalized spacial score (nSPS) is 13.1. The van der Waals surface area contributed by atoms with Crippen LogP contribution < -0.4 is 34.9 Å². The van der Waals surface area contributed by atoms with Crippen molar-refractivity contribution in [3.8, 4) is 0 Å². The number of sulfone groups is 1. The van der Waals surface area contributed by atoms with E-state index >= 15 is 0 Å². The molecule has 0 unspecified atom stereocenters. The Balaban J connectivity index is 0.00000289.